The molecule has 4 rings (SSSR count). The summed E-state index contributed by atoms with van der Waals surface area (Å²) in [6.07, 6.45) is 9.51. The number of benzene rings is 2. The molecule has 4 aromatic rings. The molecule has 5 nitrogen and oxygen atoms in total. The van der Waals surface area contributed by atoms with E-state index in [0.29, 0.717) is 24.5 Å². The zero-order valence-corrected chi connectivity index (χ0v) is 19.7. The predicted octanol–water partition coefficient (Wildman–Crippen LogP) is 7.40. The maximum atomic E-state index is 12.2. The molecule has 0 radical (unpaired) electrons. The van der Waals surface area contributed by atoms with Crippen LogP contribution in [0.5, 0.6) is 5.75 Å². The molecule has 174 valence electrons. The average molecular weight is 457 g/mol. The summed E-state index contributed by atoms with van der Waals surface area (Å²) in [6.45, 7) is 10.4. The van der Waals surface area contributed by atoms with Crippen LogP contribution in [0.3, 0.4) is 0 Å². The second-order valence-corrected chi connectivity index (χ2v) is 8.09. The van der Waals surface area contributed by atoms with Gasteiger partial charge in [0.25, 0.3) is 0 Å². The van der Waals surface area contributed by atoms with Gasteiger partial charge >= 0.3 is 5.97 Å². The van der Waals surface area contributed by atoms with E-state index < -0.39 is 0 Å². The van der Waals surface area contributed by atoms with Gasteiger partial charge in [0.2, 0.25) is 0 Å². The maximum absolute atomic E-state index is 12.2. The Morgan fingerprint density at radius 1 is 1.12 bits per heavy atom. The van der Waals surface area contributed by atoms with Crippen molar-refractivity contribution in [1.29, 1.82) is 0 Å². The SMILES string of the molecule is C=C(C)/C=C(\C=CC)c1cc(COc2c(CC(=O)OCC)ccc3occc23)cc2ccoc12. The van der Waals surface area contributed by atoms with E-state index in [0.717, 1.165) is 44.2 Å². The number of furan rings is 2. The Balaban J connectivity index is 1.71. The molecule has 0 spiro atoms. The summed E-state index contributed by atoms with van der Waals surface area (Å²) in [5, 5.41) is 1.81. The maximum Gasteiger partial charge on any atom is 0.310 e. The monoisotopic (exact) mass is 456 g/mol. The lowest BCUT2D eigenvalue weighted by Gasteiger charge is -2.14. The Kier molecular flexibility index (Phi) is 7.02. The van der Waals surface area contributed by atoms with Crippen LogP contribution in [0.15, 0.2) is 88.1 Å². The minimum absolute atomic E-state index is 0.128. The van der Waals surface area contributed by atoms with Crippen molar-refractivity contribution in [3.63, 3.8) is 0 Å². The Morgan fingerprint density at radius 3 is 2.71 bits per heavy atom. The van der Waals surface area contributed by atoms with E-state index in [1.165, 1.54) is 0 Å². The van der Waals surface area contributed by atoms with Gasteiger partial charge in [0.15, 0.2) is 0 Å². The number of fused-ring (bicyclic) bond motifs is 2. The molecule has 0 unspecified atom stereocenters. The van der Waals surface area contributed by atoms with Crippen molar-refractivity contribution in [1.82, 2.24) is 0 Å². The summed E-state index contributed by atoms with van der Waals surface area (Å²) in [5.74, 6) is 0.331. The van der Waals surface area contributed by atoms with Crippen LogP contribution in [0.25, 0.3) is 27.5 Å². The number of carbonyl (C=O) groups is 1. The van der Waals surface area contributed by atoms with Gasteiger partial charge in [-0.1, -0.05) is 36.4 Å². The summed E-state index contributed by atoms with van der Waals surface area (Å²) in [5.41, 5.74) is 6.18. The van der Waals surface area contributed by atoms with Crippen LogP contribution in [0, 0.1) is 0 Å². The third-order valence-electron chi connectivity index (χ3n) is 5.36. The fraction of sp³-hybridized carbons (Fsp3) is 0.207. The van der Waals surface area contributed by atoms with E-state index >= 15 is 0 Å². The first kappa shape index (κ1) is 23.2. The molecule has 5 heteroatoms. The first-order chi connectivity index (χ1) is 16.5. The number of ether oxygens (including phenoxy) is 2. The van der Waals surface area contributed by atoms with Crippen LogP contribution in [-0.2, 0) is 22.6 Å². The number of rotatable bonds is 9. The van der Waals surface area contributed by atoms with Crippen LogP contribution < -0.4 is 4.74 Å². The highest BCUT2D eigenvalue weighted by Crippen LogP contribution is 2.34. The van der Waals surface area contributed by atoms with Gasteiger partial charge in [0.05, 0.1) is 30.9 Å². The largest absolute Gasteiger partial charge is 0.488 e. The van der Waals surface area contributed by atoms with E-state index in [9.17, 15) is 4.79 Å². The lowest BCUT2D eigenvalue weighted by Crippen LogP contribution is -2.09. The highest BCUT2D eigenvalue weighted by molar-refractivity contribution is 5.93. The molecule has 0 aliphatic heterocycles. The molecule has 0 N–H and O–H groups in total. The summed E-state index contributed by atoms with van der Waals surface area (Å²) >= 11 is 0. The Labute approximate surface area is 199 Å². The van der Waals surface area contributed by atoms with E-state index in [-0.39, 0.29) is 12.4 Å². The molecular formula is C29H28O5. The third-order valence-corrected chi connectivity index (χ3v) is 5.36. The van der Waals surface area contributed by atoms with Crippen molar-refractivity contribution < 1.29 is 23.1 Å². The minimum atomic E-state index is -0.293. The average Bonchev–Trinajstić information content (AvgIpc) is 3.46. The molecule has 2 aromatic heterocycles. The Morgan fingerprint density at radius 2 is 1.94 bits per heavy atom. The number of hydrogen-bond acceptors (Lipinski definition) is 5. The van der Waals surface area contributed by atoms with Gasteiger partial charge in [-0.05, 0) is 62.2 Å². The van der Waals surface area contributed by atoms with E-state index in [1.54, 1.807) is 19.5 Å². The molecule has 2 aromatic carbocycles. The van der Waals surface area contributed by atoms with Crippen LogP contribution in [0.1, 0.15) is 37.5 Å². The van der Waals surface area contributed by atoms with Crippen LogP contribution >= 0.6 is 0 Å². The predicted molar refractivity (Wildman–Crippen MR) is 135 cm³/mol. The normalized spacial score (nSPS) is 12.0. The van der Waals surface area contributed by atoms with Gasteiger partial charge in [0, 0.05) is 16.5 Å². The topological polar surface area (TPSA) is 61.8 Å². The number of allylic oxidation sites excluding steroid dienone is 5. The quantitative estimate of drug-likeness (QED) is 0.194. The molecular weight excluding hydrogens is 428 g/mol. The molecule has 0 bridgehead atoms. The first-order valence-electron chi connectivity index (χ1n) is 11.3. The molecule has 0 atom stereocenters. The summed E-state index contributed by atoms with van der Waals surface area (Å²) in [7, 11) is 0. The molecule has 0 saturated heterocycles. The fourth-order valence-electron chi connectivity index (χ4n) is 4.00. The van der Waals surface area contributed by atoms with Gasteiger partial charge in [-0.15, -0.1) is 0 Å². The minimum Gasteiger partial charge on any atom is -0.488 e. The number of hydrogen-bond donors (Lipinski definition) is 0. The van der Waals surface area contributed by atoms with E-state index in [2.05, 4.69) is 18.7 Å². The van der Waals surface area contributed by atoms with Crippen LogP contribution in [0.4, 0.5) is 0 Å². The highest BCUT2D eigenvalue weighted by Gasteiger charge is 2.16. The van der Waals surface area contributed by atoms with Crippen molar-refractivity contribution in [2.75, 3.05) is 6.61 Å². The molecule has 0 fully saturated rings. The van der Waals surface area contributed by atoms with Gasteiger partial charge in [-0.25, -0.2) is 0 Å². The van der Waals surface area contributed by atoms with E-state index in [4.69, 9.17) is 18.3 Å². The smallest absolute Gasteiger partial charge is 0.310 e. The molecule has 2 heterocycles. The third kappa shape index (κ3) is 4.99. The van der Waals surface area contributed by atoms with Crippen LogP contribution in [0.2, 0.25) is 0 Å². The molecule has 34 heavy (non-hydrogen) atoms. The lowest BCUT2D eigenvalue weighted by atomic mass is 9.98. The van der Waals surface area contributed by atoms with Crippen molar-refractivity contribution in [3.05, 3.63) is 96.0 Å². The molecule has 0 aliphatic carbocycles. The summed E-state index contributed by atoms with van der Waals surface area (Å²) in [6, 6.07) is 11.6. The lowest BCUT2D eigenvalue weighted by molar-refractivity contribution is -0.142. The zero-order chi connectivity index (χ0) is 24.1. The molecule has 0 saturated carbocycles. The second-order valence-electron chi connectivity index (χ2n) is 8.09. The second kappa shape index (κ2) is 10.3. The van der Waals surface area contributed by atoms with Gasteiger partial charge in [-0.3, -0.25) is 4.79 Å². The van der Waals surface area contributed by atoms with Gasteiger partial charge < -0.3 is 18.3 Å². The van der Waals surface area contributed by atoms with Crippen molar-refractivity contribution in [2.24, 2.45) is 0 Å². The highest BCUT2D eigenvalue weighted by atomic mass is 16.5. The summed E-state index contributed by atoms with van der Waals surface area (Å²) in [4.78, 5) is 12.2. The first-order valence-corrected chi connectivity index (χ1v) is 11.3. The number of esters is 1. The van der Waals surface area contributed by atoms with Crippen LogP contribution in [-0.4, -0.2) is 12.6 Å². The van der Waals surface area contributed by atoms with Crippen molar-refractivity contribution >= 4 is 33.5 Å². The molecule has 0 aliphatic rings. The summed E-state index contributed by atoms with van der Waals surface area (Å²) < 4.78 is 22.8. The molecule has 0 amide bonds. The number of carbonyl (C=O) groups excluding carboxylic acids is 1. The standard InChI is InChI=1S/C29H28O5/c1-5-7-21(14-19(3)4)25-16-20(15-23-10-12-33-29(23)25)18-34-28-22(17-27(30)31-6-2)8-9-26-24(28)11-13-32-26/h5,7-16H,3,6,17-18H2,1-2,4H3/b7-5?,21-14+. The van der Waals surface area contributed by atoms with Crippen molar-refractivity contribution in [3.8, 4) is 5.75 Å². The zero-order valence-electron chi connectivity index (χ0n) is 19.7. The van der Waals surface area contributed by atoms with Gasteiger partial charge in [-0.2, -0.15) is 0 Å². The van der Waals surface area contributed by atoms with Gasteiger partial charge in [0.1, 0.15) is 23.5 Å². The fourth-order valence-corrected chi connectivity index (χ4v) is 4.00. The Hall–Kier alpha value is -3.99. The van der Waals surface area contributed by atoms with E-state index in [1.807, 2.05) is 56.3 Å². The Bertz CT molecular complexity index is 1400. The van der Waals surface area contributed by atoms with Crippen molar-refractivity contribution in [2.45, 2.75) is 33.8 Å².